The van der Waals surface area contributed by atoms with Gasteiger partial charge >= 0.3 is 0 Å². The summed E-state index contributed by atoms with van der Waals surface area (Å²) < 4.78 is 1.17. The first-order chi connectivity index (χ1) is 7.27. The molecule has 0 saturated heterocycles. The van der Waals surface area contributed by atoms with E-state index in [1.807, 2.05) is 6.07 Å². The molecule has 3 heteroatoms. The van der Waals surface area contributed by atoms with Crippen molar-refractivity contribution in [2.24, 2.45) is 0 Å². The second-order valence-corrected chi connectivity index (χ2v) is 6.06. The third-order valence-corrected chi connectivity index (χ3v) is 4.51. The van der Waals surface area contributed by atoms with E-state index in [1.54, 1.807) is 11.3 Å². The van der Waals surface area contributed by atoms with Crippen LogP contribution in [0, 0.1) is 0 Å². The Hall–Kier alpha value is -0.120. The molecule has 15 heavy (non-hydrogen) atoms. The van der Waals surface area contributed by atoms with Crippen LogP contribution < -0.4 is 0 Å². The average Bonchev–Trinajstić information content (AvgIpc) is 2.71. The maximum absolute atomic E-state index is 3.73. The molecule has 0 N–H and O–H groups in total. The Labute approximate surface area is 111 Å². The predicted octanol–water partition coefficient (Wildman–Crippen LogP) is 5.19. The van der Waals surface area contributed by atoms with Gasteiger partial charge in [0.05, 0.1) is 0 Å². The van der Waals surface area contributed by atoms with Crippen LogP contribution in [0.15, 0.2) is 45.6 Å². The van der Waals surface area contributed by atoms with Crippen LogP contribution in [-0.2, 0) is 6.42 Å². The van der Waals surface area contributed by atoms with Crippen molar-refractivity contribution in [1.82, 2.24) is 0 Å². The molecule has 0 aliphatic heterocycles. The van der Waals surface area contributed by atoms with E-state index < -0.39 is 0 Å². The summed E-state index contributed by atoms with van der Waals surface area (Å²) in [6, 6.07) is 10.5. The van der Waals surface area contributed by atoms with Crippen molar-refractivity contribution in [1.29, 1.82) is 0 Å². The highest BCUT2D eigenvalue weighted by atomic mass is 79.9. The molecule has 1 aromatic heterocycles. The summed E-state index contributed by atoms with van der Waals surface area (Å²) in [7, 11) is 0. The molecule has 1 aromatic carbocycles. The van der Waals surface area contributed by atoms with E-state index in [2.05, 4.69) is 66.9 Å². The van der Waals surface area contributed by atoms with E-state index in [0.717, 1.165) is 6.42 Å². The highest BCUT2D eigenvalue weighted by Crippen LogP contribution is 2.32. The molecule has 0 nitrogen and oxygen atoms in total. The SMILES string of the molecule is Brc1ccccc1C(Br)Cc1ccsc1. The van der Waals surface area contributed by atoms with E-state index in [-0.39, 0.29) is 0 Å². The molecular weight excluding hydrogens is 336 g/mol. The quantitative estimate of drug-likeness (QED) is 0.671. The Morgan fingerprint density at radius 1 is 1.20 bits per heavy atom. The lowest BCUT2D eigenvalue weighted by atomic mass is 10.1. The highest BCUT2D eigenvalue weighted by Gasteiger charge is 2.11. The van der Waals surface area contributed by atoms with Crippen molar-refractivity contribution in [2.75, 3.05) is 0 Å². The summed E-state index contributed by atoms with van der Waals surface area (Å²) in [5, 5.41) is 4.32. The number of hydrogen-bond acceptors (Lipinski definition) is 1. The minimum absolute atomic E-state index is 0.377. The van der Waals surface area contributed by atoms with Crippen molar-refractivity contribution in [2.45, 2.75) is 11.2 Å². The van der Waals surface area contributed by atoms with Crippen molar-refractivity contribution in [3.05, 3.63) is 56.7 Å². The summed E-state index contributed by atoms with van der Waals surface area (Å²) in [5.41, 5.74) is 2.70. The van der Waals surface area contributed by atoms with Crippen molar-refractivity contribution < 1.29 is 0 Å². The van der Waals surface area contributed by atoms with Gasteiger partial charge in [-0.15, -0.1) is 0 Å². The number of halogens is 2. The van der Waals surface area contributed by atoms with Gasteiger partial charge in [-0.2, -0.15) is 11.3 Å². The van der Waals surface area contributed by atoms with Gasteiger partial charge in [0.15, 0.2) is 0 Å². The van der Waals surface area contributed by atoms with Crippen LogP contribution in [0.2, 0.25) is 0 Å². The molecule has 1 unspecified atom stereocenters. The molecule has 1 atom stereocenters. The number of hydrogen-bond donors (Lipinski definition) is 0. The molecule has 0 fully saturated rings. The van der Waals surface area contributed by atoms with Crippen LogP contribution in [0.1, 0.15) is 16.0 Å². The van der Waals surface area contributed by atoms with Crippen LogP contribution in [-0.4, -0.2) is 0 Å². The Balaban J connectivity index is 2.15. The summed E-state index contributed by atoms with van der Waals surface area (Å²) in [5.74, 6) is 0. The largest absolute Gasteiger partial charge is 0.152 e. The van der Waals surface area contributed by atoms with Gasteiger partial charge in [0.2, 0.25) is 0 Å². The first-order valence-electron chi connectivity index (χ1n) is 4.67. The Morgan fingerprint density at radius 2 is 2.00 bits per heavy atom. The van der Waals surface area contributed by atoms with Gasteiger partial charge in [-0.3, -0.25) is 0 Å². The summed E-state index contributed by atoms with van der Waals surface area (Å²) >= 11 is 9.05. The van der Waals surface area contributed by atoms with Gasteiger partial charge in [0, 0.05) is 9.30 Å². The second kappa shape index (κ2) is 5.28. The zero-order valence-electron chi connectivity index (χ0n) is 7.99. The maximum Gasteiger partial charge on any atom is 0.0447 e. The molecule has 0 aliphatic rings. The maximum atomic E-state index is 3.73. The molecule has 2 aromatic rings. The standard InChI is InChI=1S/C12H10Br2S/c13-11-4-2-1-3-10(11)12(14)7-9-5-6-15-8-9/h1-6,8,12H,7H2. The first kappa shape index (κ1) is 11.4. The fourth-order valence-corrected chi connectivity index (χ4v) is 3.78. The van der Waals surface area contributed by atoms with Crippen molar-refractivity contribution in [3.63, 3.8) is 0 Å². The Bertz CT molecular complexity index is 423. The monoisotopic (exact) mass is 344 g/mol. The van der Waals surface area contributed by atoms with Crippen LogP contribution in [0.4, 0.5) is 0 Å². The third-order valence-electron chi connectivity index (χ3n) is 2.24. The van der Waals surface area contributed by atoms with Crippen LogP contribution in [0.25, 0.3) is 0 Å². The summed E-state index contributed by atoms with van der Waals surface area (Å²) in [6.07, 6.45) is 1.03. The van der Waals surface area contributed by atoms with Gasteiger partial charge in [0.25, 0.3) is 0 Å². The fourth-order valence-electron chi connectivity index (χ4n) is 1.45. The van der Waals surface area contributed by atoms with E-state index in [4.69, 9.17) is 0 Å². The topological polar surface area (TPSA) is 0 Å². The molecule has 78 valence electrons. The lowest BCUT2D eigenvalue weighted by Gasteiger charge is -2.10. The zero-order chi connectivity index (χ0) is 10.7. The smallest absolute Gasteiger partial charge is 0.0447 e. The molecule has 0 spiro atoms. The van der Waals surface area contributed by atoms with Gasteiger partial charge in [-0.25, -0.2) is 0 Å². The minimum Gasteiger partial charge on any atom is -0.152 e. The third kappa shape index (κ3) is 2.92. The molecule has 1 heterocycles. The van der Waals surface area contributed by atoms with Gasteiger partial charge in [0.1, 0.15) is 0 Å². The summed E-state index contributed by atoms with van der Waals surface area (Å²) in [6.45, 7) is 0. The second-order valence-electron chi connectivity index (χ2n) is 3.32. The van der Waals surface area contributed by atoms with Crippen molar-refractivity contribution >= 4 is 43.2 Å². The number of benzene rings is 1. The molecule has 0 amide bonds. The van der Waals surface area contributed by atoms with E-state index in [1.165, 1.54) is 15.6 Å². The van der Waals surface area contributed by atoms with Crippen LogP contribution in [0.5, 0.6) is 0 Å². The highest BCUT2D eigenvalue weighted by molar-refractivity contribution is 9.11. The average molecular weight is 346 g/mol. The molecule has 0 saturated carbocycles. The van der Waals surface area contributed by atoms with Crippen molar-refractivity contribution in [3.8, 4) is 0 Å². The number of thiophene rings is 1. The molecular formula is C12H10Br2S. The lowest BCUT2D eigenvalue weighted by Crippen LogP contribution is -1.94. The predicted molar refractivity (Wildman–Crippen MR) is 73.8 cm³/mol. The lowest BCUT2D eigenvalue weighted by molar-refractivity contribution is 0.949. The van der Waals surface area contributed by atoms with E-state index >= 15 is 0 Å². The van der Waals surface area contributed by atoms with Gasteiger partial charge in [-0.05, 0) is 40.4 Å². The Morgan fingerprint density at radius 3 is 2.67 bits per heavy atom. The van der Waals surface area contributed by atoms with Gasteiger partial charge in [-0.1, -0.05) is 50.1 Å². The Kier molecular flexibility index (Phi) is 4.00. The van der Waals surface area contributed by atoms with Gasteiger partial charge < -0.3 is 0 Å². The summed E-state index contributed by atoms with van der Waals surface area (Å²) in [4.78, 5) is 0.377. The van der Waals surface area contributed by atoms with E-state index in [0.29, 0.717) is 4.83 Å². The molecule has 0 radical (unpaired) electrons. The fraction of sp³-hybridized carbons (Fsp3) is 0.167. The van der Waals surface area contributed by atoms with E-state index in [9.17, 15) is 0 Å². The number of rotatable bonds is 3. The number of alkyl halides is 1. The first-order valence-corrected chi connectivity index (χ1v) is 7.32. The van der Waals surface area contributed by atoms with Crippen LogP contribution >= 0.6 is 43.2 Å². The normalized spacial score (nSPS) is 12.7. The zero-order valence-corrected chi connectivity index (χ0v) is 12.0. The molecule has 2 rings (SSSR count). The minimum atomic E-state index is 0.377. The van der Waals surface area contributed by atoms with Crippen LogP contribution in [0.3, 0.4) is 0 Å². The molecule has 0 aliphatic carbocycles. The molecule has 0 bridgehead atoms.